The Bertz CT molecular complexity index is 682. The van der Waals surface area contributed by atoms with Crippen LogP contribution < -0.4 is 10.9 Å². The van der Waals surface area contributed by atoms with Gasteiger partial charge in [-0.3, -0.25) is 13.5 Å². The molecule has 5 heteroatoms. The van der Waals surface area contributed by atoms with Crippen molar-refractivity contribution >= 4 is 27.5 Å². The first-order valence-corrected chi connectivity index (χ1v) is 7.85. The summed E-state index contributed by atoms with van der Waals surface area (Å²) in [6.07, 6.45) is 4.48. The van der Waals surface area contributed by atoms with Crippen LogP contribution in [0.25, 0.3) is 10.1 Å². The number of carbonyl (C=O) groups excluding carboxylic acids is 1. The largest absolute Gasteiger partial charge is 0.352 e. The van der Waals surface area contributed by atoms with Gasteiger partial charge in [0.25, 0.3) is 5.56 Å². The third-order valence-electron chi connectivity index (χ3n) is 3.95. The van der Waals surface area contributed by atoms with Crippen LogP contribution in [0.15, 0.2) is 29.1 Å². The van der Waals surface area contributed by atoms with E-state index in [4.69, 9.17) is 0 Å². The van der Waals surface area contributed by atoms with E-state index in [2.05, 4.69) is 5.32 Å². The highest BCUT2D eigenvalue weighted by Gasteiger charge is 2.23. The third kappa shape index (κ3) is 2.38. The average molecular weight is 290 g/mol. The molecular formula is C15H18N2O2S. The quantitative estimate of drug-likeness (QED) is 0.945. The predicted molar refractivity (Wildman–Crippen MR) is 81.2 cm³/mol. The second-order valence-corrected chi connectivity index (χ2v) is 6.40. The van der Waals surface area contributed by atoms with Crippen molar-refractivity contribution in [2.75, 3.05) is 0 Å². The van der Waals surface area contributed by atoms with Gasteiger partial charge in [0.1, 0.15) is 6.04 Å². The number of nitrogens with one attached hydrogen (secondary N) is 1. The first-order valence-electron chi connectivity index (χ1n) is 7.08. The Balaban J connectivity index is 1.84. The minimum absolute atomic E-state index is 0.0504. The van der Waals surface area contributed by atoms with Gasteiger partial charge in [-0.15, -0.1) is 0 Å². The van der Waals surface area contributed by atoms with Crippen molar-refractivity contribution in [3.8, 4) is 0 Å². The number of hydrogen-bond acceptors (Lipinski definition) is 3. The molecule has 1 aromatic heterocycles. The summed E-state index contributed by atoms with van der Waals surface area (Å²) in [7, 11) is 0. The lowest BCUT2D eigenvalue weighted by Crippen LogP contribution is -2.38. The van der Waals surface area contributed by atoms with Crippen molar-refractivity contribution in [3.63, 3.8) is 0 Å². The van der Waals surface area contributed by atoms with Crippen molar-refractivity contribution in [1.82, 2.24) is 9.27 Å². The van der Waals surface area contributed by atoms with E-state index in [1.54, 1.807) is 10.9 Å². The van der Waals surface area contributed by atoms with E-state index in [-0.39, 0.29) is 17.5 Å². The van der Waals surface area contributed by atoms with Gasteiger partial charge in [-0.2, -0.15) is 0 Å². The number of rotatable bonds is 3. The molecule has 1 fully saturated rings. The fraction of sp³-hybridized carbons (Fsp3) is 0.467. The van der Waals surface area contributed by atoms with E-state index >= 15 is 0 Å². The van der Waals surface area contributed by atoms with E-state index in [1.165, 1.54) is 24.4 Å². The highest BCUT2D eigenvalue weighted by molar-refractivity contribution is 7.13. The van der Waals surface area contributed by atoms with Crippen LogP contribution in [0.1, 0.15) is 38.6 Å². The molecule has 1 aliphatic carbocycles. The summed E-state index contributed by atoms with van der Waals surface area (Å²) in [5.74, 6) is -0.0504. The Labute approximate surface area is 121 Å². The fourth-order valence-corrected chi connectivity index (χ4v) is 3.78. The number of amides is 1. The van der Waals surface area contributed by atoms with Gasteiger partial charge in [-0.25, -0.2) is 0 Å². The average Bonchev–Trinajstić information content (AvgIpc) is 3.07. The molecule has 1 heterocycles. The topological polar surface area (TPSA) is 51.1 Å². The first kappa shape index (κ1) is 13.4. The first-order chi connectivity index (χ1) is 9.66. The zero-order valence-electron chi connectivity index (χ0n) is 11.5. The summed E-state index contributed by atoms with van der Waals surface area (Å²) < 4.78 is 2.51. The smallest absolute Gasteiger partial charge is 0.269 e. The number of nitrogens with zero attached hydrogens (tertiary/aromatic N) is 1. The van der Waals surface area contributed by atoms with E-state index in [9.17, 15) is 9.59 Å². The SMILES string of the molecule is CC(C(=O)NC1CCCC1)n1sc2ccccc2c1=O. The van der Waals surface area contributed by atoms with Crippen LogP contribution in [0.5, 0.6) is 0 Å². The van der Waals surface area contributed by atoms with Gasteiger partial charge < -0.3 is 5.32 Å². The molecule has 4 nitrogen and oxygen atoms in total. The molecule has 0 bridgehead atoms. The number of carbonyl (C=O) groups is 1. The van der Waals surface area contributed by atoms with E-state index < -0.39 is 6.04 Å². The molecule has 20 heavy (non-hydrogen) atoms. The van der Waals surface area contributed by atoms with Gasteiger partial charge in [0.05, 0.1) is 10.1 Å². The molecular weight excluding hydrogens is 272 g/mol. The van der Waals surface area contributed by atoms with Crippen molar-refractivity contribution < 1.29 is 4.79 Å². The molecule has 2 aromatic rings. The van der Waals surface area contributed by atoms with Gasteiger partial charge in [0, 0.05) is 6.04 Å². The van der Waals surface area contributed by atoms with Gasteiger partial charge in [-0.1, -0.05) is 36.5 Å². The van der Waals surface area contributed by atoms with Crippen LogP contribution in [0.2, 0.25) is 0 Å². The normalized spacial score (nSPS) is 17.4. The fourth-order valence-electron chi connectivity index (χ4n) is 2.74. The monoisotopic (exact) mass is 290 g/mol. The lowest BCUT2D eigenvalue weighted by molar-refractivity contribution is -0.124. The van der Waals surface area contributed by atoms with Crippen molar-refractivity contribution in [1.29, 1.82) is 0 Å². The molecule has 1 unspecified atom stereocenters. The lowest BCUT2D eigenvalue weighted by atomic mass is 10.2. The minimum atomic E-state index is -0.444. The maximum Gasteiger partial charge on any atom is 0.269 e. The lowest BCUT2D eigenvalue weighted by Gasteiger charge is -2.16. The molecule has 0 radical (unpaired) electrons. The van der Waals surface area contributed by atoms with E-state index in [1.807, 2.05) is 24.3 Å². The summed E-state index contributed by atoms with van der Waals surface area (Å²) in [5.41, 5.74) is -0.0697. The summed E-state index contributed by atoms with van der Waals surface area (Å²) in [5, 5.41) is 3.75. The summed E-state index contributed by atoms with van der Waals surface area (Å²) in [6, 6.07) is 7.33. The van der Waals surface area contributed by atoms with Crippen LogP contribution in [-0.2, 0) is 4.79 Å². The zero-order valence-corrected chi connectivity index (χ0v) is 12.3. The molecule has 0 spiro atoms. The predicted octanol–water partition coefficient (Wildman–Crippen LogP) is 2.68. The second kappa shape index (κ2) is 5.40. The molecule has 1 atom stereocenters. The van der Waals surface area contributed by atoms with Gasteiger partial charge >= 0.3 is 0 Å². The van der Waals surface area contributed by atoms with Crippen molar-refractivity contribution in [3.05, 3.63) is 34.6 Å². The van der Waals surface area contributed by atoms with Crippen LogP contribution >= 0.6 is 11.5 Å². The molecule has 1 saturated carbocycles. The van der Waals surface area contributed by atoms with E-state index in [0.717, 1.165) is 17.5 Å². The maximum absolute atomic E-state index is 12.3. The molecule has 1 N–H and O–H groups in total. The number of fused-ring (bicyclic) bond motifs is 1. The summed E-state index contributed by atoms with van der Waals surface area (Å²) in [4.78, 5) is 24.6. The molecule has 1 amide bonds. The summed E-state index contributed by atoms with van der Waals surface area (Å²) in [6.45, 7) is 1.79. The summed E-state index contributed by atoms with van der Waals surface area (Å²) >= 11 is 1.36. The molecule has 106 valence electrons. The molecule has 1 aromatic carbocycles. The van der Waals surface area contributed by atoms with Crippen LogP contribution in [0, 0.1) is 0 Å². The highest BCUT2D eigenvalue weighted by atomic mass is 32.1. The Kier molecular flexibility index (Phi) is 3.61. The second-order valence-electron chi connectivity index (χ2n) is 5.38. The Morgan fingerprint density at radius 2 is 2.05 bits per heavy atom. The van der Waals surface area contributed by atoms with Crippen LogP contribution in [0.4, 0.5) is 0 Å². The van der Waals surface area contributed by atoms with E-state index in [0.29, 0.717) is 5.39 Å². The zero-order chi connectivity index (χ0) is 14.1. The molecule has 1 aliphatic rings. The third-order valence-corrected chi connectivity index (χ3v) is 5.18. The molecule has 0 aliphatic heterocycles. The number of hydrogen-bond donors (Lipinski definition) is 1. The molecule has 0 saturated heterocycles. The van der Waals surface area contributed by atoms with Gasteiger partial charge in [0.15, 0.2) is 0 Å². The van der Waals surface area contributed by atoms with Crippen LogP contribution in [-0.4, -0.2) is 15.9 Å². The standard InChI is InChI=1S/C15H18N2O2S/c1-10(14(18)16-11-6-2-3-7-11)17-15(19)12-8-4-5-9-13(12)20-17/h4-5,8-11H,2-3,6-7H2,1H3,(H,16,18). The van der Waals surface area contributed by atoms with Crippen molar-refractivity contribution in [2.45, 2.75) is 44.7 Å². The van der Waals surface area contributed by atoms with Gasteiger partial charge in [0.2, 0.25) is 5.91 Å². The number of aromatic nitrogens is 1. The maximum atomic E-state index is 12.3. The van der Waals surface area contributed by atoms with Crippen molar-refractivity contribution in [2.24, 2.45) is 0 Å². The Morgan fingerprint density at radius 1 is 1.35 bits per heavy atom. The van der Waals surface area contributed by atoms with Gasteiger partial charge in [-0.05, 0) is 31.9 Å². The Morgan fingerprint density at radius 3 is 2.75 bits per heavy atom. The minimum Gasteiger partial charge on any atom is -0.352 e. The molecule has 3 rings (SSSR count). The van der Waals surface area contributed by atoms with Crippen LogP contribution in [0.3, 0.4) is 0 Å². The number of benzene rings is 1. The Hall–Kier alpha value is -1.62. The highest BCUT2D eigenvalue weighted by Crippen LogP contribution is 2.21.